The third kappa shape index (κ3) is 9.49. The average Bonchev–Trinajstić information content (AvgIpc) is 3.02. The van der Waals surface area contributed by atoms with Crippen molar-refractivity contribution >= 4 is 40.8 Å². The molecule has 1 aromatic heterocycles. The monoisotopic (exact) mass is 667 g/mol. The molecule has 0 radical (unpaired) electrons. The second kappa shape index (κ2) is 16.0. The molecule has 4 N–H and O–H groups in total. The second-order valence-electron chi connectivity index (χ2n) is 10.3. The van der Waals surface area contributed by atoms with Gasteiger partial charge in [-0.15, -0.1) is 0 Å². The van der Waals surface area contributed by atoms with Gasteiger partial charge in [0.2, 0.25) is 16.0 Å². The third-order valence-corrected chi connectivity index (χ3v) is 11.2. The Bertz CT molecular complexity index is 1550. The topological polar surface area (TPSA) is 152 Å². The van der Waals surface area contributed by atoms with Gasteiger partial charge in [-0.25, -0.2) is 22.2 Å². The van der Waals surface area contributed by atoms with Gasteiger partial charge in [0, 0.05) is 49.3 Å². The molecule has 246 valence electrons. The minimum absolute atomic E-state index is 0.132. The van der Waals surface area contributed by atoms with Gasteiger partial charge in [0.1, 0.15) is 5.82 Å². The van der Waals surface area contributed by atoms with Gasteiger partial charge in [0.05, 0.1) is 24.3 Å². The number of anilines is 4. The maximum Gasteiger partial charge on any atom is 0.331 e. The summed E-state index contributed by atoms with van der Waals surface area (Å²) in [5.74, 6) is -1.37. The van der Waals surface area contributed by atoms with Crippen molar-refractivity contribution in [3.05, 3.63) is 66.4 Å². The molecule has 45 heavy (non-hydrogen) atoms. The Hall–Kier alpha value is -3.04. The first-order chi connectivity index (χ1) is 21.6. The first-order valence-corrected chi connectivity index (χ1v) is 18.0. The van der Waals surface area contributed by atoms with E-state index in [1.165, 1.54) is 28.7 Å². The lowest BCUT2D eigenvalue weighted by Crippen LogP contribution is -2.49. The van der Waals surface area contributed by atoms with Crippen molar-refractivity contribution in [1.82, 2.24) is 19.2 Å². The van der Waals surface area contributed by atoms with Crippen molar-refractivity contribution in [1.29, 1.82) is 0 Å². The fourth-order valence-electron chi connectivity index (χ4n) is 5.07. The lowest BCUT2D eigenvalue weighted by Gasteiger charge is -2.38. The highest BCUT2D eigenvalue weighted by molar-refractivity contribution is 7.89. The maximum absolute atomic E-state index is 13.7. The molecule has 1 saturated heterocycles. The predicted octanol–water partition coefficient (Wildman–Crippen LogP) is 4.92. The van der Waals surface area contributed by atoms with Crippen LogP contribution in [0.3, 0.4) is 0 Å². The highest BCUT2D eigenvalue weighted by Crippen LogP contribution is 2.47. The third-order valence-electron chi connectivity index (χ3n) is 7.22. The number of nitrogens with two attached hydrogens (primary N) is 1. The summed E-state index contributed by atoms with van der Waals surface area (Å²) < 4.78 is 79.3. The lowest BCUT2D eigenvalue weighted by molar-refractivity contribution is 0.161. The van der Waals surface area contributed by atoms with Gasteiger partial charge in [-0.2, -0.15) is 9.29 Å². The minimum Gasteiger partial charge on any atom is -0.340 e. The van der Waals surface area contributed by atoms with E-state index in [-0.39, 0.29) is 36.1 Å². The maximum atomic E-state index is 13.7. The Morgan fingerprint density at radius 3 is 2.29 bits per heavy atom. The zero-order valence-corrected chi connectivity index (χ0v) is 27.1. The molecule has 1 aliphatic heterocycles. The minimum atomic E-state index is -3.84. The Labute approximate surface area is 262 Å². The molecular formula is C29H40F2N7O5PS. The van der Waals surface area contributed by atoms with Crippen molar-refractivity contribution in [2.45, 2.75) is 37.6 Å². The van der Waals surface area contributed by atoms with Gasteiger partial charge < -0.3 is 30.3 Å². The molecule has 12 nitrogen and oxygen atoms in total. The van der Waals surface area contributed by atoms with Crippen LogP contribution < -0.4 is 16.4 Å². The number of benzene rings is 2. The molecule has 2 heterocycles. The Balaban J connectivity index is 1.37. The van der Waals surface area contributed by atoms with Gasteiger partial charge in [0.15, 0.2) is 11.6 Å². The molecule has 1 fully saturated rings. The first-order valence-electron chi connectivity index (χ1n) is 14.8. The average molecular weight is 668 g/mol. The summed E-state index contributed by atoms with van der Waals surface area (Å²) in [6, 6.07) is 11.0. The van der Waals surface area contributed by atoms with E-state index in [1.807, 2.05) is 0 Å². The van der Waals surface area contributed by atoms with E-state index in [0.717, 1.165) is 12.1 Å². The number of piperidine rings is 1. The van der Waals surface area contributed by atoms with Gasteiger partial charge >= 0.3 is 7.60 Å². The normalized spacial score (nSPS) is 15.0. The van der Waals surface area contributed by atoms with Crippen LogP contribution in [0.15, 0.2) is 59.6 Å². The van der Waals surface area contributed by atoms with E-state index in [9.17, 15) is 21.8 Å². The van der Waals surface area contributed by atoms with E-state index < -0.39 is 29.3 Å². The van der Waals surface area contributed by atoms with Crippen molar-refractivity contribution in [2.24, 2.45) is 5.73 Å². The number of rotatable bonds is 16. The fraction of sp³-hybridized carbons (Fsp3) is 0.448. The van der Waals surface area contributed by atoms with Crippen LogP contribution in [0.2, 0.25) is 0 Å². The zero-order chi connectivity index (χ0) is 32.5. The molecule has 16 heteroatoms. The summed E-state index contributed by atoms with van der Waals surface area (Å²) in [6.45, 7) is 6.37. The summed E-state index contributed by atoms with van der Waals surface area (Å²) in [4.78, 5) is 10.8. The van der Waals surface area contributed by atoms with Gasteiger partial charge in [-0.3, -0.25) is 4.57 Å². The van der Waals surface area contributed by atoms with Crippen molar-refractivity contribution < 1.29 is 30.8 Å². The summed E-state index contributed by atoms with van der Waals surface area (Å²) in [6.07, 6.45) is 2.99. The number of likely N-dealkylation sites (tertiary alicyclic amines) is 1. The summed E-state index contributed by atoms with van der Waals surface area (Å²) >= 11 is 0. The molecule has 0 unspecified atom stereocenters. The van der Waals surface area contributed by atoms with Crippen molar-refractivity contribution in [3.63, 3.8) is 0 Å². The Morgan fingerprint density at radius 2 is 1.67 bits per heavy atom. The van der Waals surface area contributed by atoms with Crippen molar-refractivity contribution in [2.75, 3.05) is 62.7 Å². The van der Waals surface area contributed by atoms with E-state index in [4.69, 9.17) is 14.8 Å². The number of aromatic nitrogens is 2. The molecule has 0 spiro atoms. The summed E-state index contributed by atoms with van der Waals surface area (Å²) in [5, 5.41) is 5.91. The van der Waals surface area contributed by atoms with E-state index in [0.29, 0.717) is 62.9 Å². The predicted molar refractivity (Wildman–Crippen MR) is 170 cm³/mol. The molecule has 1 aliphatic rings. The quantitative estimate of drug-likeness (QED) is 0.179. The number of nitrogens with one attached hydrogen (secondary N) is 2. The molecule has 0 aliphatic carbocycles. The lowest BCUT2D eigenvalue weighted by atomic mass is 10.1. The number of hydrogen-bond donors (Lipinski definition) is 3. The SMILES string of the molecule is CCOP(=O)(CCN1CCC(N(CCN)S(=O)(=O)c2ccc(Nc3nccc(Nc4ccc(F)c(F)c4)n3)cc2)CC1)OCC. The largest absolute Gasteiger partial charge is 0.340 e. The molecule has 3 aromatic rings. The smallest absolute Gasteiger partial charge is 0.331 e. The van der Waals surface area contributed by atoms with Crippen LogP contribution in [0.5, 0.6) is 0 Å². The van der Waals surface area contributed by atoms with Crippen molar-refractivity contribution in [3.8, 4) is 0 Å². The fourth-order valence-corrected chi connectivity index (χ4v) is 8.41. The molecule has 0 atom stereocenters. The van der Waals surface area contributed by atoms with Gasteiger partial charge in [0.25, 0.3) is 0 Å². The zero-order valence-electron chi connectivity index (χ0n) is 25.4. The first kappa shape index (κ1) is 34.8. The molecular weight excluding hydrogens is 627 g/mol. The van der Waals surface area contributed by atoms with Gasteiger partial charge in [-0.1, -0.05) is 0 Å². The standard InChI is InChI=1S/C29H40F2N7O5PS/c1-3-42-44(39,43-4-2)20-19-37-16-12-24(13-17-37)38(18-14-32)45(40,41)25-8-5-22(6-9-25)35-29-33-15-11-28(36-29)34-23-7-10-26(30)27(31)21-23/h5-11,15,21,24H,3-4,12-14,16-20,32H2,1-2H3,(H2,33,34,35,36). The molecule has 2 aromatic carbocycles. The van der Waals surface area contributed by atoms with E-state index in [2.05, 4.69) is 25.5 Å². The van der Waals surface area contributed by atoms with Crippen LogP contribution in [-0.2, 0) is 23.6 Å². The van der Waals surface area contributed by atoms with Gasteiger partial charge in [-0.05, 0) is 82.2 Å². The van der Waals surface area contributed by atoms with E-state index >= 15 is 0 Å². The molecule has 0 amide bonds. The second-order valence-corrected chi connectivity index (χ2v) is 14.4. The van der Waals surface area contributed by atoms with Crippen LogP contribution in [0.25, 0.3) is 0 Å². The highest BCUT2D eigenvalue weighted by atomic mass is 32.2. The number of nitrogens with zero attached hydrogens (tertiary/aromatic N) is 4. The number of halogens is 2. The highest BCUT2D eigenvalue weighted by Gasteiger charge is 2.34. The number of sulfonamides is 1. The summed E-state index contributed by atoms with van der Waals surface area (Å²) in [5.41, 5.74) is 6.70. The van der Waals surface area contributed by atoms with Crippen LogP contribution >= 0.6 is 7.60 Å². The van der Waals surface area contributed by atoms with Crippen LogP contribution in [0.1, 0.15) is 26.7 Å². The van der Waals surface area contributed by atoms with Crippen LogP contribution in [-0.4, -0.2) is 85.7 Å². The van der Waals surface area contributed by atoms with E-state index in [1.54, 1.807) is 32.0 Å². The van der Waals surface area contributed by atoms with Crippen LogP contribution in [0, 0.1) is 11.6 Å². The summed E-state index contributed by atoms with van der Waals surface area (Å²) in [7, 11) is -6.99. The Morgan fingerprint density at radius 1 is 1.00 bits per heavy atom. The molecule has 0 bridgehead atoms. The van der Waals surface area contributed by atoms with Crippen LogP contribution in [0.4, 0.5) is 31.9 Å². The molecule has 4 rings (SSSR count). The molecule has 0 saturated carbocycles. The Kier molecular flexibility index (Phi) is 12.4. The number of hydrogen-bond acceptors (Lipinski definition) is 11.